The molecule has 1 aromatic carbocycles. The van der Waals surface area contributed by atoms with Crippen molar-refractivity contribution in [2.45, 2.75) is 46.0 Å². The molecule has 0 aliphatic carbocycles. The lowest BCUT2D eigenvalue weighted by Crippen LogP contribution is -2.39. The van der Waals surface area contributed by atoms with Gasteiger partial charge in [-0.3, -0.25) is 9.59 Å². The lowest BCUT2D eigenvalue weighted by Gasteiger charge is -2.22. The molecule has 2 amide bonds. The molecule has 0 saturated carbocycles. The molecule has 1 heterocycles. The number of Topliss-reactive ketones (excluding diaryl/α,β-unsaturated/α-hetero) is 1. The minimum atomic E-state index is -0.0642. The highest BCUT2D eigenvalue weighted by Gasteiger charge is 2.22. The van der Waals surface area contributed by atoms with E-state index in [1.54, 1.807) is 9.80 Å². The molecule has 0 aromatic heterocycles. The molecule has 1 aromatic rings. The van der Waals surface area contributed by atoms with Crippen molar-refractivity contribution in [3.05, 3.63) is 29.8 Å². The van der Waals surface area contributed by atoms with Crippen LogP contribution < -0.4 is 4.74 Å². The van der Waals surface area contributed by atoms with Crippen LogP contribution in [0.5, 0.6) is 5.75 Å². The molecule has 1 aliphatic heterocycles. The molecule has 6 heteroatoms. The van der Waals surface area contributed by atoms with Crippen LogP contribution in [0.2, 0.25) is 0 Å². The number of nitrogens with zero attached hydrogens (tertiary/aromatic N) is 2. The summed E-state index contributed by atoms with van der Waals surface area (Å²) in [5.41, 5.74) is 1.26. The van der Waals surface area contributed by atoms with E-state index in [4.69, 9.17) is 4.74 Å². The van der Waals surface area contributed by atoms with E-state index in [1.807, 2.05) is 24.3 Å². The molecular weight excluding hydrogens is 344 g/mol. The molecule has 2 rings (SSSR count). The van der Waals surface area contributed by atoms with E-state index in [-0.39, 0.29) is 37.0 Å². The summed E-state index contributed by atoms with van der Waals surface area (Å²) in [6.07, 6.45) is 3.41. The third-order valence-corrected chi connectivity index (χ3v) is 4.72. The second-order valence-electron chi connectivity index (χ2n) is 7.00. The Morgan fingerprint density at radius 1 is 0.926 bits per heavy atom. The second kappa shape index (κ2) is 10.7. The summed E-state index contributed by atoms with van der Waals surface area (Å²) in [4.78, 5) is 39.2. The maximum Gasteiger partial charge on any atom is 0.260 e. The summed E-state index contributed by atoms with van der Waals surface area (Å²) in [7, 11) is 0. The number of aryl methyl sites for hydroxylation is 1. The highest BCUT2D eigenvalue weighted by atomic mass is 16.5. The zero-order valence-corrected chi connectivity index (χ0v) is 16.4. The van der Waals surface area contributed by atoms with Crippen LogP contribution in [0.25, 0.3) is 0 Å². The molecule has 0 unspecified atom stereocenters. The Kier molecular flexibility index (Phi) is 8.30. The number of benzene rings is 1. The van der Waals surface area contributed by atoms with Crippen molar-refractivity contribution in [3.8, 4) is 5.75 Å². The SMILES string of the molecule is CCCc1ccc(OCC(=O)N2CCCN(C(=O)CCC(C)=O)CC2)cc1. The number of ketones is 1. The van der Waals surface area contributed by atoms with E-state index in [2.05, 4.69) is 6.92 Å². The maximum atomic E-state index is 12.4. The van der Waals surface area contributed by atoms with Gasteiger partial charge in [-0.2, -0.15) is 0 Å². The van der Waals surface area contributed by atoms with Crippen LogP contribution in [0.3, 0.4) is 0 Å². The van der Waals surface area contributed by atoms with E-state index in [0.717, 1.165) is 19.3 Å². The molecule has 6 nitrogen and oxygen atoms in total. The van der Waals surface area contributed by atoms with Gasteiger partial charge in [0, 0.05) is 39.0 Å². The van der Waals surface area contributed by atoms with Crippen molar-refractivity contribution in [3.63, 3.8) is 0 Å². The first-order valence-electron chi connectivity index (χ1n) is 9.76. The number of carbonyl (C=O) groups excluding carboxylic acids is 3. The van der Waals surface area contributed by atoms with Gasteiger partial charge in [-0.15, -0.1) is 0 Å². The topological polar surface area (TPSA) is 66.9 Å². The minimum Gasteiger partial charge on any atom is -0.484 e. The Morgan fingerprint density at radius 2 is 1.56 bits per heavy atom. The highest BCUT2D eigenvalue weighted by Crippen LogP contribution is 2.14. The first-order chi connectivity index (χ1) is 13.0. The van der Waals surface area contributed by atoms with Crippen LogP contribution in [0.4, 0.5) is 0 Å². The van der Waals surface area contributed by atoms with Gasteiger partial charge in [0.15, 0.2) is 6.61 Å². The molecule has 27 heavy (non-hydrogen) atoms. The zero-order valence-electron chi connectivity index (χ0n) is 16.4. The van der Waals surface area contributed by atoms with E-state index >= 15 is 0 Å². The summed E-state index contributed by atoms with van der Waals surface area (Å²) in [6, 6.07) is 7.85. The molecule has 0 radical (unpaired) electrons. The van der Waals surface area contributed by atoms with Crippen molar-refractivity contribution in [2.75, 3.05) is 32.8 Å². The van der Waals surface area contributed by atoms with Gasteiger partial charge >= 0.3 is 0 Å². The van der Waals surface area contributed by atoms with Gasteiger partial charge in [-0.05, 0) is 37.5 Å². The summed E-state index contributed by atoms with van der Waals surface area (Å²) < 4.78 is 5.62. The highest BCUT2D eigenvalue weighted by molar-refractivity contribution is 5.83. The number of ether oxygens (including phenoxy) is 1. The summed E-state index contributed by atoms with van der Waals surface area (Å²) >= 11 is 0. The van der Waals surface area contributed by atoms with Crippen molar-refractivity contribution >= 4 is 17.6 Å². The average Bonchev–Trinajstić information content (AvgIpc) is 2.92. The van der Waals surface area contributed by atoms with Gasteiger partial charge in [0.25, 0.3) is 5.91 Å². The van der Waals surface area contributed by atoms with Crippen LogP contribution in [0, 0.1) is 0 Å². The Hall–Kier alpha value is -2.37. The number of amides is 2. The summed E-state index contributed by atoms with van der Waals surface area (Å²) in [5, 5.41) is 0. The van der Waals surface area contributed by atoms with Crippen molar-refractivity contribution in [1.82, 2.24) is 9.80 Å². The average molecular weight is 374 g/mol. The minimum absolute atomic E-state index is 0.00536. The normalized spacial score (nSPS) is 14.6. The number of hydrogen-bond donors (Lipinski definition) is 0. The Morgan fingerprint density at radius 3 is 2.15 bits per heavy atom. The first-order valence-corrected chi connectivity index (χ1v) is 9.76. The van der Waals surface area contributed by atoms with Gasteiger partial charge in [0.1, 0.15) is 11.5 Å². The van der Waals surface area contributed by atoms with E-state index < -0.39 is 0 Å². The third kappa shape index (κ3) is 7.04. The predicted octanol–water partition coefficient (Wildman–Crippen LogP) is 2.45. The van der Waals surface area contributed by atoms with Gasteiger partial charge in [0.2, 0.25) is 5.91 Å². The third-order valence-electron chi connectivity index (χ3n) is 4.72. The lowest BCUT2D eigenvalue weighted by atomic mass is 10.1. The van der Waals surface area contributed by atoms with Gasteiger partial charge in [-0.25, -0.2) is 0 Å². The number of carbonyl (C=O) groups is 3. The molecule has 1 aliphatic rings. The fourth-order valence-corrected chi connectivity index (χ4v) is 3.13. The predicted molar refractivity (Wildman–Crippen MR) is 104 cm³/mol. The quantitative estimate of drug-likeness (QED) is 0.701. The summed E-state index contributed by atoms with van der Waals surface area (Å²) in [5.74, 6) is 0.641. The van der Waals surface area contributed by atoms with Crippen molar-refractivity contribution in [1.29, 1.82) is 0 Å². The van der Waals surface area contributed by atoms with Crippen molar-refractivity contribution in [2.24, 2.45) is 0 Å². The Balaban J connectivity index is 1.78. The van der Waals surface area contributed by atoms with Crippen LogP contribution in [-0.2, 0) is 20.8 Å². The Bertz CT molecular complexity index is 642. The first kappa shape index (κ1) is 20.9. The standard InChI is InChI=1S/C21H30N2O4/c1-3-5-18-7-9-19(10-8-18)27-16-21(26)23-13-4-12-22(14-15-23)20(25)11-6-17(2)24/h7-10H,3-6,11-16H2,1-2H3. The van der Waals surface area contributed by atoms with Crippen LogP contribution in [0.15, 0.2) is 24.3 Å². The van der Waals surface area contributed by atoms with E-state index in [1.165, 1.54) is 12.5 Å². The number of rotatable bonds is 8. The largest absolute Gasteiger partial charge is 0.484 e. The lowest BCUT2D eigenvalue weighted by molar-refractivity contribution is -0.135. The van der Waals surface area contributed by atoms with Gasteiger partial charge in [0.05, 0.1) is 0 Å². The zero-order chi connectivity index (χ0) is 19.6. The molecule has 148 valence electrons. The maximum absolute atomic E-state index is 12.4. The van der Waals surface area contributed by atoms with Crippen LogP contribution in [-0.4, -0.2) is 60.2 Å². The smallest absolute Gasteiger partial charge is 0.260 e. The monoisotopic (exact) mass is 374 g/mol. The molecule has 1 fully saturated rings. The molecule has 0 spiro atoms. The molecule has 0 bridgehead atoms. The second-order valence-corrected chi connectivity index (χ2v) is 7.00. The molecule has 0 N–H and O–H groups in total. The van der Waals surface area contributed by atoms with Gasteiger partial charge < -0.3 is 19.3 Å². The van der Waals surface area contributed by atoms with E-state index in [0.29, 0.717) is 31.9 Å². The number of hydrogen-bond acceptors (Lipinski definition) is 4. The van der Waals surface area contributed by atoms with Crippen LogP contribution in [0.1, 0.15) is 45.1 Å². The fourth-order valence-electron chi connectivity index (χ4n) is 3.13. The van der Waals surface area contributed by atoms with E-state index in [9.17, 15) is 14.4 Å². The fraction of sp³-hybridized carbons (Fsp3) is 0.571. The van der Waals surface area contributed by atoms with Crippen LogP contribution >= 0.6 is 0 Å². The molecule has 1 saturated heterocycles. The van der Waals surface area contributed by atoms with Gasteiger partial charge in [-0.1, -0.05) is 25.5 Å². The molecule has 0 atom stereocenters. The molecular formula is C21H30N2O4. The Labute approximate surface area is 161 Å². The van der Waals surface area contributed by atoms with Crippen molar-refractivity contribution < 1.29 is 19.1 Å². The summed E-state index contributed by atoms with van der Waals surface area (Å²) in [6.45, 7) is 5.90.